The van der Waals surface area contributed by atoms with Crippen LogP contribution in [0.1, 0.15) is 223 Å². The van der Waals surface area contributed by atoms with Crippen LogP contribution < -0.4 is 0 Å². The van der Waals surface area contributed by atoms with Crippen molar-refractivity contribution in [3.05, 3.63) is 223 Å². The minimum atomic E-state index is 1.44. The monoisotopic (exact) mass is 1200 g/mol. The molecular weight excluding hydrogens is 1080 g/mol. The van der Waals surface area contributed by atoms with Crippen LogP contribution in [0.25, 0.3) is 53.9 Å². The van der Waals surface area contributed by atoms with Gasteiger partial charge in [-0.05, 0) is 553 Å². The van der Waals surface area contributed by atoms with Gasteiger partial charge in [-0.2, -0.15) is 0 Å². The van der Waals surface area contributed by atoms with Crippen LogP contribution in [0.5, 0.6) is 0 Å². The van der Waals surface area contributed by atoms with E-state index < -0.39 is 0 Å². The highest BCUT2D eigenvalue weighted by molar-refractivity contribution is 6.16. The van der Waals surface area contributed by atoms with E-state index in [1.165, 1.54) is 276 Å². The Labute approximate surface area is 550 Å². The third-order valence-electron chi connectivity index (χ3n) is 25.7. The Morgan fingerprint density at radius 3 is 0.189 bits per heavy atom. The molecule has 0 fully saturated rings. The molecule has 0 aliphatic heterocycles. The highest BCUT2D eigenvalue weighted by Crippen LogP contribution is 2.45. The van der Waals surface area contributed by atoms with Crippen molar-refractivity contribution >= 4 is 53.9 Å². The summed E-state index contributed by atoms with van der Waals surface area (Å²) in [5, 5.41) is 14.8. The normalized spacial score (nSPS) is 11.3. The van der Waals surface area contributed by atoms with Crippen molar-refractivity contribution in [3.63, 3.8) is 0 Å². The molecule has 0 bridgehead atoms. The second kappa shape index (κ2) is 26.6. The number of hydrogen-bond donors (Lipinski definition) is 0. The fourth-order valence-corrected chi connectivity index (χ4v) is 15.8. The molecule has 0 saturated heterocycles. The molecule has 0 saturated carbocycles. The van der Waals surface area contributed by atoms with Gasteiger partial charge in [0.1, 0.15) is 0 Å². The largest absolute Gasteiger partial charge is 0.0447 e. The van der Waals surface area contributed by atoms with E-state index in [2.05, 4.69) is 277 Å². The average Bonchev–Trinajstić information content (AvgIpc) is 0.814. The van der Waals surface area contributed by atoms with Crippen molar-refractivity contribution in [2.24, 2.45) is 0 Å². The Morgan fingerprint density at radius 1 is 0.0556 bits per heavy atom. The molecule has 0 atom stereocenters. The van der Waals surface area contributed by atoms with Crippen LogP contribution in [0.2, 0.25) is 0 Å². The number of hydrogen-bond acceptors (Lipinski definition) is 0. The molecule has 10 rings (SSSR count). The Balaban J connectivity index is 0.000000182. The Kier molecular flexibility index (Phi) is 21.5. The summed E-state index contributed by atoms with van der Waals surface area (Å²) in [5.74, 6) is 0. The zero-order valence-electron chi connectivity index (χ0n) is 65.0. The zero-order chi connectivity index (χ0) is 68.9. The molecule has 0 aliphatic carbocycles. The van der Waals surface area contributed by atoms with Crippen molar-refractivity contribution < 1.29 is 0 Å². The van der Waals surface area contributed by atoms with Crippen molar-refractivity contribution in [2.75, 3.05) is 0 Å². The lowest BCUT2D eigenvalue weighted by molar-refractivity contribution is 1.13. The van der Waals surface area contributed by atoms with Gasteiger partial charge in [0.25, 0.3) is 0 Å². The Bertz CT molecular complexity index is 3860. The fourth-order valence-electron chi connectivity index (χ4n) is 15.8. The van der Waals surface area contributed by atoms with Crippen LogP contribution in [0.4, 0.5) is 0 Å². The summed E-state index contributed by atoms with van der Waals surface area (Å²) in [5.41, 5.74) is 58.1. The van der Waals surface area contributed by atoms with Gasteiger partial charge >= 0.3 is 0 Å². The minimum Gasteiger partial charge on any atom is -0.0447 e. The van der Waals surface area contributed by atoms with Gasteiger partial charge in [-0.25, -0.2) is 0 Å². The molecule has 0 aromatic heterocycles. The fraction of sp³-hybridized carbons (Fsp3) is 0.444. The molecule has 0 N–H and O–H groups in total. The van der Waals surface area contributed by atoms with Gasteiger partial charge in [0, 0.05) is 0 Å². The first-order valence-corrected chi connectivity index (χ1v) is 33.8. The molecule has 0 amide bonds. The lowest BCUT2D eigenvalue weighted by Crippen LogP contribution is -2.03. The van der Waals surface area contributed by atoms with E-state index in [0.29, 0.717) is 0 Å². The van der Waals surface area contributed by atoms with E-state index in [0.717, 1.165) is 0 Å². The van der Waals surface area contributed by atoms with Crippen molar-refractivity contribution in [1.29, 1.82) is 0 Å². The van der Waals surface area contributed by atoms with Crippen molar-refractivity contribution in [2.45, 2.75) is 277 Å². The van der Waals surface area contributed by atoms with Gasteiger partial charge in [-0.1, -0.05) is 0 Å². The molecule has 10 aromatic carbocycles. The summed E-state index contributed by atoms with van der Waals surface area (Å²) in [7, 11) is 0. The topological polar surface area (TPSA) is 0 Å². The van der Waals surface area contributed by atoms with Crippen molar-refractivity contribution in [3.8, 4) is 0 Å². The number of fused-ring (bicyclic) bond motifs is 6. The highest BCUT2D eigenvalue weighted by atomic mass is 14.3. The molecule has 0 heterocycles. The van der Waals surface area contributed by atoms with E-state index in [-0.39, 0.29) is 0 Å². The SMILES string of the molecule is Cc1c(C)c(C)c(C)c(C)c1C.Cc1c(C)c(C)c2c(C)c(C)c(C)c(C)c2c1C.Cc1c(C)c(C)c2c(C)c(C)c(C)c(C)c2c1C.Cc1c(C)c(C)c2c(C)c(C)c(C)c(C)c2c1C.Cc1c(C)c(C)c2c(c1C)c(C)c(C)c1c(C)c(C)c(C)c(C)c12. The molecule has 0 spiro atoms. The van der Waals surface area contributed by atoms with Gasteiger partial charge in [0.05, 0.1) is 0 Å². The third kappa shape index (κ3) is 11.6. The summed E-state index contributed by atoms with van der Waals surface area (Å²) in [6, 6.07) is 0. The van der Waals surface area contributed by atoms with E-state index in [1.54, 1.807) is 0 Å². The molecule has 10 aromatic rings. The Morgan fingerprint density at radius 2 is 0.100 bits per heavy atom. The van der Waals surface area contributed by atoms with E-state index in [9.17, 15) is 0 Å². The smallest absolute Gasteiger partial charge is 0.00649 e. The first kappa shape index (κ1) is 72.6. The second-order valence-corrected chi connectivity index (χ2v) is 28.8. The van der Waals surface area contributed by atoms with Crippen molar-refractivity contribution in [1.82, 2.24) is 0 Å². The summed E-state index contributed by atoms with van der Waals surface area (Å²) < 4.78 is 0. The van der Waals surface area contributed by atoms with Gasteiger partial charge in [-0.3, -0.25) is 0 Å². The van der Waals surface area contributed by atoms with Crippen LogP contribution in [0.15, 0.2) is 0 Å². The first-order valence-electron chi connectivity index (χ1n) is 33.8. The van der Waals surface area contributed by atoms with E-state index in [4.69, 9.17) is 0 Å². The maximum Gasteiger partial charge on any atom is -0.00649 e. The van der Waals surface area contributed by atoms with Crippen LogP contribution in [0, 0.1) is 277 Å². The highest BCUT2D eigenvalue weighted by Gasteiger charge is 2.23. The van der Waals surface area contributed by atoms with Crippen LogP contribution >= 0.6 is 0 Å². The van der Waals surface area contributed by atoms with Gasteiger partial charge in [-0.15, -0.1) is 0 Å². The predicted molar refractivity (Wildman–Crippen MR) is 409 cm³/mol. The van der Waals surface area contributed by atoms with Crippen LogP contribution in [-0.2, 0) is 0 Å². The number of benzene rings is 10. The summed E-state index contributed by atoms with van der Waals surface area (Å²) in [4.78, 5) is 0. The van der Waals surface area contributed by atoms with Gasteiger partial charge in [0.2, 0.25) is 0 Å². The molecule has 0 heteroatoms. The average molecular weight is 1200 g/mol. The number of aryl methyl sites for hydroxylation is 18. The Hall–Kier alpha value is -6.50. The standard InChI is InChI=1S/C24H30.3C18H24.C12H18/c1-11-13(3)17(7)23-21(15(11)5)19(9)20(10)22-16(6)12(2)14(4)18(8)24(22)23;3*1-9-10(2)14(6)18-16(8)12(4)11(3)15(7)17(18)13(9)5;1-7-8(2)10(4)12(6)11(5)9(7)3/h1-10H3;3*1-8H3;1-6H3. The molecule has 90 heavy (non-hydrogen) atoms. The van der Waals surface area contributed by atoms with Gasteiger partial charge in [0.15, 0.2) is 0 Å². The van der Waals surface area contributed by atoms with Gasteiger partial charge < -0.3 is 0 Å². The second-order valence-electron chi connectivity index (χ2n) is 28.8. The minimum absolute atomic E-state index is 1.44. The van der Waals surface area contributed by atoms with Crippen LogP contribution in [-0.4, -0.2) is 0 Å². The molecule has 480 valence electrons. The maximum atomic E-state index is 2.31. The van der Waals surface area contributed by atoms with E-state index in [1.807, 2.05) is 0 Å². The summed E-state index contributed by atoms with van der Waals surface area (Å²) in [6.07, 6.45) is 0. The molecular formula is C90H120. The summed E-state index contributed by atoms with van der Waals surface area (Å²) in [6.45, 7) is 90.4. The quantitative estimate of drug-likeness (QED) is 0.133. The molecule has 0 aliphatic rings. The van der Waals surface area contributed by atoms with E-state index >= 15 is 0 Å². The lowest BCUT2D eigenvalue weighted by atomic mass is 9.80. The molecule has 0 nitrogen and oxygen atoms in total. The maximum absolute atomic E-state index is 2.31. The zero-order valence-corrected chi connectivity index (χ0v) is 65.0. The lowest BCUT2D eigenvalue weighted by Gasteiger charge is -2.24. The third-order valence-corrected chi connectivity index (χ3v) is 25.7. The van der Waals surface area contributed by atoms with Crippen LogP contribution in [0.3, 0.4) is 0 Å². The predicted octanol–water partition coefficient (Wildman–Crippen LogP) is 26.5. The number of rotatable bonds is 0. The molecule has 0 unspecified atom stereocenters. The summed E-state index contributed by atoms with van der Waals surface area (Å²) >= 11 is 0. The first-order chi connectivity index (χ1) is 41.4. The molecule has 0 radical (unpaired) electrons.